The van der Waals surface area contributed by atoms with Crippen LogP contribution in [0.5, 0.6) is 0 Å². The van der Waals surface area contributed by atoms with Crippen LogP contribution in [-0.4, -0.2) is 15.0 Å². The van der Waals surface area contributed by atoms with Crippen LogP contribution in [0.3, 0.4) is 0 Å². The second-order valence-corrected chi connectivity index (χ2v) is 16.0. The third-order valence-electron chi connectivity index (χ3n) is 13.5. The normalized spacial score (nSPS) is 23.8. The highest BCUT2D eigenvalue weighted by molar-refractivity contribution is 5.98. The first-order valence-corrected chi connectivity index (χ1v) is 19.1. The van der Waals surface area contributed by atoms with Gasteiger partial charge >= 0.3 is 0 Å². The molecule has 248 valence electrons. The van der Waals surface area contributed by atoms with Crippen LogP contribution >= 0.6 is 0 Å². The summed E-state index contributed by atoms with van der Waals surface area (Å²) < 4.78 is 0. The minimum absolute atomic E-state index is 0.0437. The number of fused-ring (bicyclic) bond motifs is 6. The molecule has 4 saturated carbocycles. The molecule has 0 radical (unpaired) electrons. The Morgan fingerprint density at radius 2 is 0.885 bits per heavy atom. The Morgan fingerprint density at radius 1 is 0.385 bits per heavy atom. The predicted octanol–water partition coefficient (Wildman–Crippen LogP) is 12.1. The van der Waals surface area contributed by atoms with Gasteiger partial charge in [-0.15, -0.1) is 0 Å². The lowest BCUT2D eigenvalue weighted by atomic mass is 9.43. The molecule has 7 aromatic carbocycles. The third-order valence-corrected chi connectivity index (χ3v) is 13.5. The van der Waals surface area contributed by atoms with Crippen molar-refractivity contribution < 1.29 is 0 Å². The van der Waals surface area contributed by atoms with Gasteiger partial charge in [0.05, 0.1) is 0 Å². The number of aromatic nitrogens is 3. The van der Waals surface area contributed by atoms with E-state index in [9.17, 15) is 0 Å². The summed E-state index contributed by atoms with van der Waals surface area (Å²) >= 11 is 0. The predicted molar refractivity (Wildman–Crippen MR) is 212 cm³/mol. The van der Waals surface area contributed by atoms with Crippen molar-refractivity contribution in [2.45, 2.75) is 37.5 Å². The van der Waals surface area contributed by atoms with E-state index in [0.29, 0.717) is 23.5 Å². The molecule has 5 aliphatic rings. The monoisotopic (exact) mass is 667 g/mol. The second-order valence-electron chi connectivity index (χ2n) is 16.0. The van der Waals surface area contributed by atoms with Gasteiger partial charge in [-0.3, -0.25) is 0 Å². The van der Waals surface area contributed by atoms with Crippen LogP contribution in [0, 0.1) is 23.7 Å². The summed E-state index contributed by atoms with van der Waals surface area (Å²) in [4.78, 5) is 16.0. The molecule has 0 amide bonds. The van der Waals surface area contributed by atoms with Crippen LogP contribution in [0.1, 0.15) is 43.2 Å². The first-order chi connectivity index (χ1) is 25.7. The molecule has 5 aliphatic carbocycles. The zero-order chi connectivity index (χ0) is 34.0. The molecule has 0 aliphatic heterocycles. The summed E-state index contributed by atoms with van der Waals surface area (Å²) in [6.45, 7) is 0. The lowest BCUT2D eigenvalue weighted by Crippen LogP contribution is -2.55. The van der Waals surface area contributed by atoms with Gasteiger partial charge in [0, 0.05) is 22.1 Å². The first kappa shape index (κ1) is 29.0. The Kier molecular flexibility index (Phi) is 5.95. The molecule has 13 rings (SSSR count). The maximum Gasteiger partial charge on any atom is 0.164 e. The molecule has 1 heterocycles. The summed E-state index contributed by atoms with van der Waals surface area (Å²) in [5.74, 6) is 5.29. The van der Waals surface area contributed by atoms with E-state index >= 15 is 0 Å². The molecular weight excluding hydrogens is 631 g/mol. The molecule has 4 fully saturated rings. The van der Waals surface area contributed by atoms with Crippen molar-refractivity contribution in [2.24, 2.45) is 23.7 Å². The van der Waals surface area contributed by atoms with Gasteiger partial charge in [-0.2, -0.15) is 0 Å². The zero-order valence-corrected chi connectivity index (χ0v) is 29.0. The summed E-state index contributed by atoms with van der Waals surface area (Å²) in [5.41, 5.74) is 9.13. The van der Waals surface area contributed by atoms with Gasteiger partial charge in [0.15, 0.2) is 17.5 Å². The maximum atomic E-state index is 5.35. The standard InChI is InChI=1S/C49H37N3/c1-2-12-34-27-45-43(26-33(34)11-1)40-20-19-35(28-44(40)49(45)36-22-29-21-30(24-36)25-37(49)23-29)46-50-47(41-17-7-13-31-9-3-5-15-38(31)41)52-48(51-46)42-18-8-14-32-10-4-6-16-39(32)42/h1-20,26-30,36-37H,21-25H2. The SMILES string of the molecule is c1ccc2cc3c(cc2c1)-c1ccc(-c2nc(-c4cccc5ccccc45)nc(-c4cccc5ccccc45)n2)cc1C31C2CC3CC(C2)CC1C3. The average Bonchev–Trinajstić information content (AvgIpc) is 3.47. The fourth-order valence-corrected chi connectivity index (χ4v) is 11.6. The van der Waals surface area contributed by atoms with E-state index in [0.717, 1.165) is 45.1 Å². The zero-order valence-electron chi connectivity index (χ0n) is 29.0. The Hall–Kier alpha value is -5.67. The van der Waals surface area contributed by atoms with E-state index in [1.165, 1.54) is 70.3 Å². The first-order valence-electron chi connectivity index (χ1n) is 19.1. The maximum absolute atomic E-state index is 5.35. The van der Waals surface area contributed by atoms with E-state index in [1.54, 1.807) is 5.56 Å². The van der Waals surface area contributed by atoms with Crippen molar-refractivity contribution in [2.75, 3.05) is 0 Å². The fraction of sp³-hybridized carbons (Fsp3) is 0.204. The number of hydrogen-bond donors (Lipinski definition) is 0. The summed E-state index contributed by atoms with van der Waals surface area (Å²) in [5, 5.41) is 7.35. The highest BCUT2D eigenvalue weighted by atomic mass is 15.0. The van der Waals surface area contributed by atoms with Gasteiger partial charge in [0.1, 0.15) is 0 Å². The molecule has 52 heavy (non-hydrogen) atoms. The van der Waals surface area contributed by atoms with Gasteiger partial charge in [0.25, 0.3) is 0 Å². The highest BCUT2D eigenvalue weighted by Gasteiger charge is 2.61. The molecule has 1 aromatic heterocycles. The Labute approximate surface area is 303 Å². The topological polar surface area (TPSA) is 38.7 Å². The van der Waals surface area contributed by atoms with E-state index in [1.807, 2.05) is 0 Å². The van der Waals surface area contributed by atoms with Crippen LogP contribution in [-0.2, 0) is 5.41 Å². The number of nitrogens with zero attached hydrogens (tertiary/aromatic N) is 3. The largest absolute Gasteiger partial charge is 0.208 e. The summed E-state index contributed by atoms with van der Waals surface area (Å²) in [6.07, 6.45) is 6.85. The minimum Gasteiger partial charge on any atom is -0.208 e. The number of rotatable bonds is 3. The fourth-order valence-electron chi connectivity index (χ4n) is 11.6. The highest BCUT2D eigenvalue weighted by Crippen LogP contribution is 2.69. The van der Waals surface area contributed by atoms with Crippen molar-refractivity contribution in [3.63, 3.8) is 0 Å². The van der Waals surface area contributed by atoms with Gasteiger partial charge in [-0.25, -0.2) is 15.0 Å². The van der Waals surface area contributed by atoms with Crippen molar-refractivity contribution in [3.8, 4) is 45.3 Å². The minimum atomic E-state index is 0.0437. The van der Waals surface area contributed by atoms with E-state index in [2.05, 4.69) is 140 Å². The van der Waals surface area contributed by atoms with Gasteiger partial charge in [-0.05, 0) is 129 Å². The van der Waals surface area contributed by atoms with Crippen molar-refractivity contribution in [3.05, 3.63) is 151 Å². The van der Waals surface area contributed by atoms with Crippen LogP contribution < -0.4 is 0 Å². The van der Waals surface area contributed by atoms with Gasteiger partial charge in [0.2, 0.25) is 0 Å². The molecule has 0 unspecified atom stereocenters. The molecule has 0 atom stereocenters. The molecule has 3 heteroatoms. The Morgan fingerprint density at radius 3 is 1.50 bits per heavy atom. The van der Waals surface area contributed by atoms with Gasteiger partial charge in [-0.1, -0.05) is 121 Å². The van der Waals surface area contributed by atoms with Crippen LogP contribution in [0.25, 0.3) is 77.6 Å². The third kappa shape index (κ3) is 4.00. The van der Waals surface area contributed by atoms with Crippen molar-refractivity contribution in [1.82, 2.24) is 15.0 Å². The second kappa shape index (κ2) is 10.7. The van der Waals surface area contributed by atoms with E-state index in [4.69, 9.17) is 15.0 Å². The lowest BCUT2D eigenvalue weighted by molar-refractivity contribution is -0.0398. The number of hydrogen-bond acceptors (Lipinski definition) is 3. The molecule has 4 bridgehead atoms. The van der Waals surface area contributed by atoms with Crippen molar-refractivity contribution >= 4 is 32.3 Å². The Balaban J connectivity index is 1.11. The molecule has 1 spiro atoms. The molecule has 0 N–H and O–H groups in total. The quantitative estimate of drug-likeness (QED) is 0.188. The number of benzene rings is 7. The van der Waals surface area contributed by atoms with Crippen LogP contribution in [0.2, 0.25) is 0 Å². The molecule has 0 saturated heterocycles. The Bertz CT molecular complexity index is 2640. The molecule has 8 aromatic rings. The van der Waals surface area contributed by atoms with Gasteiger partial charge < -0.3 is 0 Å². The molecular formula is C49H37N3. The van der Waals surface area contributed by atoms with E-state index < -0.39 is 0 Å². The summed E-state index contributed by atoms with van der Waals surface area (Å²) in [7, 11) is 0. The molecule has 3 nitrogen and oxygen atoms in total. The van der Waals surface area contributed by atoms with Crippen LogP contribution in [0.4, 0.5) is 0 Å². The van der Waals surface area contributed by atoms with E-state index in [-0.39, 0.29) is 5.41 Å². The summed E-state index contributed by atoms with van der Waals surface area (Å²) in [6, 6.07) is 51.2. The smallest absolute Gasteiger partial charge is 0.164 e. The lowest BCUT2D eigenvalue weighted by Gasteiger charge is -2.61. The van der Waals surface area contributed by atoms with Crippen LogP contribution in [0.15, 0.2) is 140 Å². The average molecular weight is 668 g/mol. The van der Waals surface area contributed by atoms with Crippen molar-refractivity contribution in [1.29, 1.82) is 0 Å².